The number of nitrogens with zero attached hydrogens (tertiary/aromatic N) is 4. The van der Waals surface area contributed by atoms with Crippen molar-refractivity contribution in [3.05, 3.63) is 68.1 Å². The highest BCUT2D eigenvalue weighted by Gasteiger charge is 2.42. The van der Waals surface area contributed by atoms with E-state index < -0.39 is 40.5 Å². The number of likely N-dealkylation sites (tertiary alicyclic amines) is 1. The topological polar surface area (TPSA) is 89.2 Å². The number of hydrogen-bond acceptors (Lipinski definition) is 5. The minimum atomic E-state index is -2.96. The van der Waals surface area contributed by atoms with Gasteiger partial charge in [-0.05, 0) is 13.8 Å². The van der Waals surface area contributed by atoms with E-state index in [2.05, 4.69) is 10.4 Å². The second kappa shape index (κ2) is 8.30. The molecule has 0 aliphatic carbocycles. The molecule has 3 heterocycles. The number of benzene rings is 1. The number of aryl methyl sites for hydroxylation is 1. The van der Waals surface area contributed by atoms with Gasteiger partial charge in [0.1, 0.15) is 5.82 Å². The zero-order valence-corrected chi connectivity index (χ0v) is 19.1. The number of hydrogen-bond donors (Lipinski definition) is 1. The molecule has 0 radical (unpaired) electrons. The van der Waals surface area contributed by atoms with E-state index in [1.165, 1.54) is 42.9 Å². The number of fused-ring (bicyclic) bond motifs is 1. The molecule has 0 bridgehead atoms. The Labute approximate surface area is 192 Å². The normalized spacial score (nSPS) is 15.9. The van der Waals surface area contributed by atoms with Crippen LogP contribution in [0.25, 0.3) is 10.8 Å². The molecule has 0 spiro atoms. The van der Waals surface area contributed by atoms with Crippen LogP contribution in [0.5, 0.6) is 0 Å². The summed E-state index contributed by atoms with van der Waals surface area (Å²) in [7, 11) is 1.42. The minimum Gasteiger partial charge on any atom is -0.361 e. The number of anilines is 1. The highest BCUT2D eigenvalue weighted by molar-refractivity contribution is 5.90. The molecule has 1 fully saturated rings. The summed E-state index contributed by atoms with van der Waals surface area (Å²) in [6.07, 6.45) is -1.46. The quantitative estimate of drug-likeness (QED) is 0.613. The smallest absolute Gasteiger partial charge is 0.274 e. The van der Waals surface area contributed by atoms with Crippen molar-refractivity contribution in [3.63, 3.8) is 0 Å². The third-order valence-corrected chi connectivity index (χ3v) is 6.29. The molecule has 34 heavy (non-hydrogen) atoms. The highest BCUT2D eigenvalue weighted by atomic mass is 19.3. The van der Waals surface area contributed by atoms with Gasteiger partial charge in [0.15, 0.2) is 5.82 Å². The van der Waals surface area contributed by atoms with Crippen molar-refractivity contribution in [3.8, 4) is 0 Å². The Morgan fingerprint density at radius 1 is 1.18 bits per heavy atom. The Hall–Kier alpha value is -3.63. The second-order valence-electron chi connectivity index (χ2n) is 8.88. The first-order valence-electron chi connectivity index (χ1n) is 10.7. The average molecular weight is 475 g/mol. The maximum Gasteiger partial charge on any atom is 0.274 e. The lowest BCUT2D eigenvalue weighted by atomic mass is 9.91. The molecule has 180 valence electrons. The van der Waals surface area contributed by atoms with Crippen molar-refractivity contribution in [1.29, 1.82) is 0 Å². The molecule has 1 aromatic carbocycles. The van der Waals surface area contributed by atoms with Crippen LogP contribution in [0.3, 0.4) is 0 Å². The van der Waals surface area contributed by atoms with E-state index >= 15 is 0 Å². The van der Waals surface area contributed by atoms with Gasteiger partial charge in [-0.3, -0.25) is 14.4 Å². The second-order valence-corrected chi connectivity index (χ2v) is 8.88. The predicted molar refractivity (Wildman–Crippen MR) is 121 cm³/mol. The van der Waals surface area contributed by atoms with Crippen molar-refractivity contribution in [1.82, 2.24) is 19.2 Å². The first-order valence-corrected chi connectivity index (χ1v) is 10.7. The Morgan fingerprint density at radius 3 is 2.44 bits per heavy atom. The van der Waals surface area contributed by atoms with Gasteiger partial charge in [0.2, 0.25) is 5.91 Å². The Bertz CT molecular complexity index is 1410. The van der Waals surface area contributed by atoms with Crippen LogP contribution >= 0.6 is 0 Å². The van der Waals surface area contributed by atoms with Gasteiger partial charge in [-0.25, -0.2) is 17.9 Å². The predicted octanol–water partition coefficient (Wildman–Crippen LogP) is 2.92. The lowest BCUT2D eigenvalue weighted by molar-refractivity contribution is -0.138. The zero-order valence-electron chi connectivity index (χ0n) is 19.1. The number of pyridine rings is 1. The van der Waals surface area contributed by atoms with Gasteiger partial charge in [-0.15, -0.1) is 0 Å². The van der Waals surface area contributed by atoms with Gasteiger partial charge < -0.3 is 14.8 Å². The number of carbonyl (C=O) groups is 1. The summed E-state index contributed by atoms with van der Waals surface area (Å²) in [5.74, 6) is -0.938. The average Bonchev–Trinajstić information content (AvgIpc) is 2.74. The molecular formula is C23H24F3N5O3. The van der Waals surface area contributed by atoms with Crippen molar-refractivity contribution < 1.29 is 18.0 Å². The molecule has 1 atom stereocenters. The van der Waals surface area contributed by atoms with Crippen molar-refractivity contribution >= 4 is 22.5 Å². The van der Waals surface area contributed by atoms with Gasteiger partial charge in [0, 0.05) is 50.3 Å². The van der Waals surface area contributed by atoms with Crippen LogP contribution in [0.15, 0.2) is 40.1 Å². The first kappa shape index (κ1) is 23.5. The fourth-order valence-electron chi connectivity index (χ4n) is 4.36. The van der Waals surface area contributed by atoms with Crippen molar-refractivity contribution in [2.75, 3.05) is 18.4 Å². The number of amides is 1. The maximum absolute atomic E-state index is 14.7. The number of halogens is 3. The van der Waals surface area contributed by atoms with Crippen LogP contribution in [0.1, 0.15) is 44.4 Å². The van der Waals surface area contributed by atoms with Gasteiger partial charge in [0.25, 0.3) is 17.5 Å². The van der Waals surface area contributed by atoms with E-state index in [4.69, 9.17) is 0 Å². The fourth-order valence-corrected chi connectivity index (χ4v) is 4.36. The summed E-state index contributed by atoms with van der Waals surface area (Å²) in [5, 5.41) is 7.67. The Kier molecular flexibility index (Phi) is 5.74. The lowest BCUT2D eigenvalue weighted by Gasteiger charge is -2.48. The lowest BCUT2D eigenvalue weighted by Crippen LogP contribution is -2.64. The van der Waals surface area contributed by atoms with Gasteiger partial charge in [-0.2, -0.15) is 5.10 Å². The summed E-state index contributed by atoms with van der Waals surface area (Å²) < 4.78 is 43.5. The van der Waals surface area contributed by atoms with Gasteiger partial charge in [-0.1, -0.05) is 18.2 Å². The minimum absolute atomic E-state index is 0.0120. The molecule has 4 rings (SSSR count). The number of nitrogens with one attached hydrogen (secondary N) is 1. The number of rotatable bonds is 5. The van der Waals surface area contributed by atoms with E-state index in [9.17, 15) is 27.6 Å². The SMILES string of the molecule is CC(=O)N1CC(C)(n2cc3c(N[C@H](C)c4cccc(C(F)F)c4F)nn(C)c(=O)c3cc2=O)C1. The van der Waals surface area contributed by atoms with Crippen LogP contribution in [0, 0.1) is 5.82 Å². The first-order chi connectivity index (χ1) is 15.9. The molecule has 2 aromatic heterocycles. The van der Waals surface area contributed by atoms with Crippen LogP contribution in [0.2, 0.25) is 0 Å². The molecular weight excluding hydrogens is 451 g/mol. The number of carbonyl (C=O) groups excluding carboxylic acids is 1. The third-order valence-electron chi connectivity index (χ3n) is 6.29. The zero-order chi connectivity index (χ0) is 24.9. The standard InChI is InChI=1S/C23H24F3N5O3/c1-12(14-6-5-7-15(19(14)24)20(25)26)27-21-17-9-31(23(3)10-30(11-23)13(2)32)18(33)8-16(17)22(34)29(4)28-21/h5-9,12,20H,10-11H2,1-4H3,(H,27,28)/t12-/m1/s1. The highest BCUT2D eigenvalue weighted by Crippen LogP contribution is 2.31. The van der Waals surface area contributed by atoms with E-state index in [1.54, 1.807) is 11.8 Å². The third kappa shape index (κ3) is 3.84. The fraction of sp³-hybridized carbons (Fsp3) is 0.391. The molecule has 1 aliphatic heterocycles. The van der Waals surface area contributed by atoms with E-state index in [0.717, 1.165) is 10.7 Å². The maximum atomic E-state index is 14.7. The molecule has 1 N–H and O–H groups in total. The van der Waals surface area contributed by atoms with E-state index in [0.29, 0.717) is 18.5 Å². The molecule has 0 saturated carbocycles. The molecule has 1 saturated heterocycles. The molecule has 1 aliphatic rings. The van der Waals surface area contributed by atoms with Crippen LogP contribution in [0.4, 0.5) is 19.0 Å². The largest absolute Gasteiger partial charge is 0.361 e. The van der Waals surface area contributed by atoms with Gasteiger partial charge >= 0.3 is 0 Å². The monoisotopic (exact) mass is 475 g/mol. The van der Waals surface area contributed by atoms with E-state index in [-0.39, 0.29) is 22.7 Å². The summed E-state index contributed by atoms with van der Waals surface area (Å²) in [4.78, 5) is 38.8. The van der Waals surface area contributed by atoms with Crippen molar-refractivity contribution in [2.24, 2.45) is 7.05 Å². The van der Waals surface area contributed by atoms with Crippen molar-refractivity contribution in [2.45, 2.75) is 38.8 Å². The van der Waals surface area contributed by atoms with Gasteiger partial charge in [0.05, 0.1) is 22.5 Å². The summed E-state index contributed by atoms with van der Waals surface area (Å²) in [6, 6.07) is 4.21. The summed E-state index contributed by atoms with van der Waals surface area (Å²) in [6.45, 7) is 5.52. The van der Waals surface area contributed by atoms with Crippen LogP contribution in [-0.4, -0.2) is 38.2 Å². The molecule has 11 heteroatoms. The Morgan fingerprint density at radius 2 is 1.82 bits per heavy atom. The summed E-state index contributed by atoms with van der Waals surface area (Å²) >= 11 is 0. The molecule has 0 unspecified atom stereocenters. The number of alkyl halides is 2. The summed E-state index contributed by atoms with van der Waals surface area (Å²) in [5.41, 5.74) is -2.26. The molecule has 8 nitrogen and oxygen atoms in total. The molecule has 3 aromatic rings. The van der Waals surface area contributed by atoms with Crippen LogP contribution < -0.4 is 16.4 Å². The van der Waals surface area contributed by atoms with E-state index in [1.807, 2.05) is 6.92 Å². The Balaban J connectivity index is 1.80. The van der Waals surface area contributed by atoms with Crippen LogP contribution in [-0.2, 0) is 17.4 Å². The molecule has 1 amide bonds. The number of aromatic nitrogens is 3.